The maximum atomic E-state index is 12.5. The van der Waals surface area contributed by atoms with E-state index in [1.807, 2.05) is 36.4 Å². The van der Waals surface area contributed by atoms with Crippen molar-refractivity contribution in [2.24, 2.45) is 0 Å². The molecule has 0 saturated carbocycles. The Morgan fingerprint density at radius 2 is 1.79 bits per heavy atom. The summed E-state index contributed by atoms with van der Waals surface area (Å²) in [6.45, 7) is 3.66. The van der Waals surface area contributed by atoms with Crippen LogP contribution < -0.4 is 20.7 Å². The van der Waals surface area contributed by atoms with Crippen LogP contribution in [0.15, 0.2) is 66.9 Å². The van der Waals surface area contributed by atoms with Crippen LogP contribution in [0.25, 0.3) is 22.0 Å². The Hall–Kier alpha value is -3.80. The number of nitrogens with zero attached hydrogens (tertiary/aromatic N) is 3. The molecule has 3 aromatic carbocycles. The summed E-state index contributed by atoms with van der Waals surface area (Å²) in [5.41, 5.74) is 7.32. The Bertz CT molecular complexity index is 1350. The van der Waals surface area contributed by atoms with Crippen molar-refractivity contribution < 1.29 is 23.1 Å². The van der Waals surface area contributed by atoms with Gasteiger partial charge >= 0.3 is 6.36 Å². The molecule has 4 aromatic rings. The van der Waals surface area contributed by atoms with E-state index in [9.17, 15) is 18.4 Å². The predicted octanol–water partition coefficient (Wildman–Crippen LogP) is 6.06. The fraction of sp³-hybridized carbons (Fsp3) is 0.296. The zero-order valence-corrected chi connectivity index (χ0v) is 20.6. The number of H-pyrrole nitrogens is 1. The summed E-state index contributed by atoms with van der Waals surface area (Å²) in [6, 6.07) is 16.8. The average Bonchev–Trinajstić information content (AvgIpc) is 3.37. The highest BCUT2D eigenvalue weighted by Crippen LogP contribution is 2.33. The summed E-state index contributed by atoms with van der Waals surface area (Å²) in [6.07, 6.45) is 0.703. The highest BCUT2D eigenvalue weighted by atomic mass is 19.4. The smallest absolute Gasteiger partial charge is 0.406 e. The largest absolute Gasteiger partial charge is 0.573 e. The number of halogens is 3. The number of rotatable bonds is 9. The number of alkyl halides is 3. The van der Waals surface area contributed by atoms with Gasteiger partial charge in [0.15, 0.2) is 0 Å². The third-order valence-corrected chi connectivity index (χ3v) is 6.48. The van der Waals surface area contributed by atoms with Crippen LogP contribution in [-0.4, -0.2) is 52.8 Å². The maximum absolute atomic E-state index is 12.5. The van der Waals surface area contributed by atoms with E-state index in [2.05, 4.69) is 30.6 Å². The summed E-state index contributed by atoms with van der Waals surface area (Å²) in [4.78, 5) is 2.39. The molecular formula is C27H29F3N6O2. The Kier molecular flexibility index (Phi) is 7.68. The molecule has 38 heavy (non-hydrogen) atoms. The summed E-state index contributed by atoms with van der Waals surface area (Å²) < 4.78 is 41.6. The normalized spacial score (nSPS) is 14.5. The minimum atomic E-state index is -4.75. The lowest BCUT2D eigenvalue weighted by Crippen LogP contribution is -2.42. The lowest BCUT2D eigenvalue weighted by Gasteiger charge is -2.27. The molecule has 5 rings (SSSR count). The molecule has 1 aromatic heterocycles. The van der Waals surface area contributed by atoms with Gasteiger partial charge in [0.25, 0.3) is 0 Å². The van der Waals surface area contributed by atoms with Gasteiger partial charge in [0.2, 0.25) is 0 Å². The van der Waals surface area contributed by atoms with E-state index in [1.54, 1.807) is 12.3 Å². The van der Waals surface area contributed by atoms with Gasteiger partial charge in [-0.1, -0.05) is 24.6 Å². The van der Waals surface area contributed by atoms with Crippen LogP contribution in [0.4, 0.5) is 30.2 Å². The molecule has 1 saturated heterocycles. The second-order valence-electron chi connectivity index (χ2n) is 9.22. The van der Waals surface area contributed by atoms with Gasteiger partial charge in [-0.15, -0.1) is 13.2 Å². The van der Waals surface area contributed by atoms with E-state index in [-0.39, 0.29) is 5.75 Å². The van der Waals surface area contributed by atoms with Crippen LogP contribution in [0.2, 0.25) is 0 Å². The summed E-state index contributed by atoms with van der Waals surface area (Å²) in [5, 5.41) is 22.9. The van der Waals surface area contributed by atoms with Gasteiger partial charge in [-0.05, 0) is 73.5 Å². The van der Waals surface area contributed by atoms with Crippen molar-refractivity contribution in [2.75, 3.05) is 36.7 Å². The first-order chi connectivity index (χ1) is 18.3. The van der Waals surface area contributed by atoms with Crippen molar-refractivity contribution in [2.45, 2.75) is 25.6 Å². The number of fused-ring (bicyclic) bond motifs is 1. The summed E-state index contributed by atoms with van der Waals surface area (Å²) in [5.74, 6) is -0.295. The van der Waals surface area contributed by atoms with Crippen molar-refractivity contribution in [3.63, 3.8) is 0 Å². The number of nitrogens with one attached hydrogen (secondary N) is 3. The standard InChI is InChI=1S/C27H29F3N6O2/c28-27(29,30)38-23-6-4-5-21(15-23)33-20-9-7-19(8-10-20)24-16-22(17-26-25(24)18-31-34-26)36(37)32-11-14-35-12-2-1-3-13-35/h4-10,15-18,32-33,37H,1-3,11-14H2,(H,31,34). The molecule has 0 radical (unpaired) electrons. The minimum Gasteiger partial charge on any atom is -0.406 e. The topological polar surface area (TPSA) is 88.7 Å². The molecule has 0 bridgehead atoms. The molecule has 200 valence electrons. The van der Waals surface area contributed by atoms with Gasteiger partial charge < -0.3 is 15.0 Å². The highest BCUT2D eigenvalue weighted by Gasteiger charge is 2.31. The summed E-state index contributed by atoms with van der Waals surface area (Å²) >= 11 is 0. The van der Waals surface area contributed by atoms with Gasteiger partial charge in [-0.3, -0.25) is 10.3 Å². The molecular weight excluding hydrogens is 497 g/mol. The molecule has 8 nitrogen and oxygen atoms in total. The van der Waals surface area contributed by atoms with Crippen molar-refractivity contribution in [1.82, 2.24) is 20.5 Å². The van der Waals surface area contributed by atoms with E-state index in [4.69, 9.17) is 0 Å². The van der Waals surface area contributed by atoms with E-state index in [1.165, 1.54) is 37.5 Å². The molecule has 2 heterocycles. The first kappa shape index (κ1) is 25.8. The van der Waals surface area contributed by atoms with Crippen molar-refractivity contribution in [3.05, 3.63) is 66.9 Å². The van der Waals surface area contributed by atoms with Crippen molar-refractivity contribution >= 4 is 28.0 Å². The number of benzene rings is 3. The average molecular weight is 527 g/mol. The second kappa shape index (κ2) is 11.3. The lowest BCUT2D eigenvalue weighted by atomic mass is 10.0. The molecule has 1 aliphatic rings. The first-order valence-electron chi connectivity index (χ1n) is 12.5. The zero-order valence-electron chi connectivity index (χ0n) is 20.6. The quantitative estimate of drug-likeness (QED) is 0.197. The number of aromatic nitrogens is 2. The number of aromatic amines is 1. The maximum Gasteiger partial charge on any atom is 0.573 e. The highest BCUT2D eigenvalue weighted by molar-refractivity contribution is 5.97. The van der Waals surface area contributed by atoms with Gasteiger partial charge in [-0.2, -0.15) is 10.3 Å². The number of ether oxygens (including phenoxy) is 1. The molecule has 4 N–H and O–H groups in total. The van der Waals surface area contributed by atoms with Crippen LogP contribution in [0, 0.1) is 0 Å². The molecule has 1 fully saturated rings. The Morgan fingerprint density at radius 1 is 1.00 bits per heavy atom. The number of piperidine rings is 1. The lowest BCUT2D eigenvalue weighted by molar-refractivity contribution is -0.274. The monoisotopic (exact) mass is 526 g/mol. The molecule has 1 aliphatic heterocycles. The molecule has 0 atom stereocenters. The van der Waals surface area contributed by atoms with E-state index < -0.39 is 6.36 Å². The van der Waals surface area contributed by atoms with Crippen LogP contribution in [-0.2, 0) is 0 Å². The van der Waals surface area contributed by atoms with Crippen LogP contribution in [0.5, 0.6) is 5.75 Å². The van der Waals surface area contributed by atoms with Crippen LogP contribution >= 0.6 is 0 Å². The third kappa shape index (κ3) is 6.55. The van der Waals surface area contributed by atoms with Gasteiger partial charge in [0.1, 0.15) is 5.75 Å². The van der Waals surface area contributed by atoms with Crippen LogP contribution in [0.1, 0.15) is 19.3 Å². The fourth-order valence-electron chi connectivity index (χ4n) is 4.66. The number of anilines is 3. The first-order valence-corrected chi connectivity index (χ1v) is 12.5. The molecule has 11 heteroatoms. The van der Waals surface area contributed by atoms with E-state index in [0.29, 0.717) is 23.6 Å². The molecule has 0 spiro atoms. The third-order valence-electron chi connectivity index (χ3n) is 6.48. The van der Waals surface area contributed by atoms with E-state index >= 15 is 0 Å². The summed E-state index contributed by atoms with van der Waals surface area (Å²) in [7, 11) is 0. The van der Waals surface area contributed by atoms with Crippen molar-refractivity contribution in [3.8, 4) is 16.9 Å². The second-order valence-corrected chi connectivity index (χ2v) is 9.22. The Morgan fingerprint density at radius 3 is 2.55 bits per heavy atom. The van der Waals surface area contributed by atoms with Gasteiger partial charge in [0, 0.05) is 35.9 Å². The minimum absolute atomic E-state index is 0.295. The Balaban J connectivity index is 1.29. The van der Waals surface area contributed by atoms with Gasteiger partial charge in [-0.25, -0.2) is 5.43 Å². The zero-order chi connectivity index (χ0) is 26.5. The SMILES string of the molecule is ON(NCCN1CCCCC1)c1cc(-c2ccc(Nc3cccc(OC(F)(F)F)c3)cc2)c2cn[nH]c2c1. The van der Waals surface area contributed by atoms with Crippen molar-refractivity contribution in [1.29, 1.82) is 0 Å². The molecule has 0 amide bonds. The fourth-order valence-corrected chi connectivity index (χ4v) is 4.66. The number of hydrogen-bond donors (Lipinski definition) is 4. The number of likely N-dealkylation sites (tertiary alicyclic amines) is 1. The number of hydrogen-bond acceptors (Lipinski definition) is 7. The van der Waals surface area contributed by atoms with E-state index in [0.717, 1.165) is 46.8 Å². The number of hydrazine groups is 1. The molecule has 0 unspecified atom stereocenters. The predicted molar refractivity (Wildman–Crippen MR) is 140 cm³/mol. The van der Waals surface area contributed by atoms with Gasteiger partial charge in [0.05, 0.1) is 17.4 Å². The molecule has 0 aliphatic carbocycles. The Labute approximate surface area is 217 Å². The van der Waals surface area contributed by atoms with Crippen LogP contribution in [0.3, 0.4) is 0 Å².